The summed E-state index contributed by atoms with van der Waals surface area (Å²) < 4.78 is 15.1. The number of Topliss-reactive ketones (excluding diaryl/α,β-unsaturated/α-hetero) is 1. The van der Waals surface area contributed by atoms with Gasteiger partial charge >= 0.3 is 0 Å². The molecule has 0 fully saturated rings. The van der Waals surface area contributed by atoms with Crippen LogP contribution >= 0.6 is 0 Å². The molecule has 0 unspecified atom stereocenters. The Morgan fingerprint density at radius 3 is 2.46 bits per heavy atom. The summed E-state index contributed by atoms with van der Waals surface area (Å²) in [5.41, 5.74) is 2.36. The molecule has 4 rings (SSSR count). The van der Waals surface area contributed by atoms with E-state index in [4.69, 9.17) is 0 Å². The number of nitrogens with zero attached hydrogens (tertiary/aromatic N) is 2. The normalized spacial score (nSPS) is 19.0. The molecule has 0 radical (unpaired) electrons. The van der Waals surface area contributed by atoms with Gasteiger partial charge in [-0.2, -0.15) is 0 Å². The Hall–Kier alpha value is -3.01. The monoisotopic (exact) mass is 318 g/mol. The van der Waals surface area contributed by atoms with Crippen molar-refractivity contribution in [1.82, 2.24) is 4.57 Å². The van der Waals surface area contributed by atoms with Crippen molar-refractivity contribution in [3.05, 3.63) is 95.6 Å². The molecule has 0 saturated carbocycles. The molecular weight excluding hydrogens is 303 g/mol. The largest absolute Gasteiger partial charge is 0.333 e. The first-order valence-corrected chi connectivity index (χ1v) is 7.79. The molecule has 1 aliphatic rings. The minimum absolute atomic E-state index is 0.0712. The lowest BCUT2D eigenvalue weighted by atomic mass is 9.91. The number of halogens is 1. The molecular formula is C20H15FN2O. The number of carbonyl (C=O) groups is 1. The van der Waals surface area contributed by atoms with Gasteiger partial charge in [0.2, 0.25) is 0 Å². The van der Waals surface area contributed by atoms with Gasteiger partial charge in [0, 0.05) is 18.0 Å². The Kier molecular flexibility index (Phi) is 3.58. The Morgan fingerprint density at radius 1 is 0.958 bits per heavy atom. The first-order valence-electron chi connectivity index (χ1n) is 7.79. The lowest BCUT2D eigenvalue weighted by Crippen LogP contribution is -2.29. The minimum Gasteiger partial charge on any atom is -0.333 e. The zero-order valence-electron chi connectivity index (χ0n) is 12.8. The summed E-state index contributed by atoms with van der Waals surface area (Å²) in [4.78, 5) is 17.8. The molecule has 24 heavy (non-hydrogen) atoms. The Bertz CT molecular complexity index is 897. The van der Waals surface area contributed by atoms with Gasteiger partial charge in [0.15, 0.2) is 5.78 Å². The highest BCUT2D eigenvalue weighted by Gasteiger charge is 2.34. The lowest BCUT2D eigenvalue weighted by molar-refractivity contribution is 0.0905. The predicted octanol–water partition coefficient (Wildman–Crippen LogP) is 4.23. The van der Waals surface area contributed by atoms with Crippen molar-refractivity contribution in [1.29, 1.82) is 0 Å². The third kappa shape index (κ3) is 2.46. The fraction of sp³-hybridized carbons (Fsp3) is 0.100. The quantitative estimate of drug-likeness (QED) is 0.666. The summed E-state index contributed by atoms with van der Waals surface area (Å²) in [7, 11) is 0. The highest BCUT2D eigenvalue weighted by atomic mass is 19.1. The van der Waals surface area contributed by atoms with E-state index in [1.165, 1.54) is 24.3 Å². The van der Waals surface area contributed by atoms with Crippen molar-refractivity contribution >= 4 is 12.0 Å². The van der Waals surface area contributed by atoms with Crippen LogP contribution in [0, 0.1) is 5.82 Å². The predicted molar refractivity (Wildman–Crippen MR) is 91.0 cm³/mol. The van der Waals surface area contributed by atoms with Gasteiger partial charge in [-0.1, -0.05) is 30.3 Å². The standard InChI is InChI=1S/C20H15FN2O/c21-16-10-8-15(9-11-16)20(24)19-18(14-5-2-1-3-6-14)22-13-17-7-4-12-23(17)19/h1-13,18-19H/t18-,19+/m1/s1. The van der Waals surface area contributed by atoms with E-state index in [9.17, 15) is 9.18 Å². The molecule has 1 aliphatic heterocycles. The van der Waals surface area contributed by atoms with Gasteiger partial charge in [-0.3, -0.25) is 9.79 Å². The van der Waals surface area contributed by atoms with Crippen molar-refractivity contribution < 1.29 is 9.18 Å². The molecule has 2 aromatic carbocycles. The second kappa shape index (κ2) is 5.89. The van der Waals surface area contributed by atoms with E-state index in [1.807, 2.05) is 53.2 Å². The maximum absolute atomic E-state index is 13.2. The number of hydrogen-bond acceptors (Lipinski definition) is 2. The third-order valence-electron chi connectivity index (χ3n) is 4.32. The van der Waals surface area contributed by atoms with E-state index >= 15 is 0 Å². The average molecular weight is 318 g/mol. The number of carbonyl (C=O) groups excluding carboxylic acids is 1. The Labute approximate surface area is 139 Å². The van der Waals surface area contributed by atoms with Crippen LogP contribution in [0.3, 0.4) is 0 Å². The van der Waals surface area contributed by atoms with Crippen molar-refractivity contribution in [2.45, 2.75) is 12.1 Å². The lowest BCUT2D eigenvalue weighted by Gasteiger charge is -2.29. The highest BCUT2D eigenvalue weighted by Crippen LogP contribution is 2.36. The topological polar surface area (TPSA) is 34.4 Å². The SMILES string of the molecule is O=C(c1ccc(F)cc1)[C@@H]1[C@@H](c2ccccc2)N=Cc2cccn21. The molecule has 1 aromatic heterocycles. The number of aromatic nitrogens is 1. The number of hydrogen-bond donors (Lipinski definition) is 0. The molecule has 0 spiro atoms. The smallest absolute Gasteiger partial charge is 0.188 e. The number of fused-ring (bicyclic) bond motifs is 1. The van der Waals surface area contributed by atoms with Crippen molar-refractivity contribution in [2.24, 2.45) is 4.99 Å². The number of ketones is 1. The van der Waals surface area contributed by atoms with Gasteiger partial charge in [0.25, 0.3) is 0 Å². The van der Waals surface area contributed by atoms with Crippen LogP contribution in [0.25, 0.3) is 0 Å². The van der Waals surface area contributed by atoms with Gasteiger partial charge < -0.3 is 4.57 Å². The van der Waals surface area contributed by atoms with Gasteiger partial charge in [-0.25, -0.2) is 4.39 Å². The van der Waals surface area contributed by atoms with Crippen molar-refractivity contribution in [3.8, 4) is 0 Å². The van der Waals surface area contributed by atoms with Gasteiger partial charge in [0.1, 0.15) is 17.9 Å². The van der Waals surface area contributed by atoms with E-state index < -0.39 is 6.04 Å². The number of rotatable bonds is 3. The second-order valence-corrected chi connectivity index (χ2v) is 5.79. The van der Waals surface area contributed by atoms with Crippen molar-refractivity contribution in [2.75, 3.05) is 0 Å². The van der Waals surface area contributed by atoms with Crippen LogP contribution in [0.1, 0.15) is 33.7 Å². The fourth-order valence-corrected chi connectivity index (χ4v) is 3.13. The van der Waals surface area contributed by atoms with E-state index in [2.05, 4.69) is 4.99 Å². The Morgan fingerprint density at radius 2 is 1.71 bits per heavy atom. The molecule has 2 heterocycles. The van der Waals surface area contributed by atoms with Crippen LogP contribution in [0.5, 0.6) is 0 Å². The Balaban J connectivity index is 1.80. The fourth-order valence-electron chi connectivity index (χ4n) is 3.13. The zero-order valence-corrected chi connectivity index (χ0v) is 12.8. The first-order chi connectivity index (χ1) is 11.7. The van der Waals surface area contributed by atoms with Gasteiger partial charge in [-0.05, 0) is 42.0 Å². The van der Waals surface area contributed by atoms with Crippen LogP contribution in [0.15, 0.2) is 77.9 Å². The van der Waals surface area contributed by atoms with E-state index in [0.717, 1.165) is 11.3 Å². The average Bonchev–Trinajstić information content (AvgIpc) is 3.10. The van der Waals surface area contributed by atoms with Gasteiger partial charge in [0.05, 0.1) is 5.69 Å². The van der Waals surface area contributed by atoms with Crippen LogP contribution in [-0.2, 0) is 0 Å². The van der Waals surface area contributed by atoms with Crippen LogP contribution < -0.4 is 0 Å². The maximum Gasteiger partial charge on any atom is 0.188 e. The summed E-state index contributed by atoms with van der Waals surface area (Å²) in [6.07, 6.45) is 3.69. The third-order valence-corrected chi connectivity index (χ3v) is 4.32. The maximum atomic E-state index is 13.2. The molecule has 0 saturated heterocycles. The summed E-state index contributed by atoms with van der Waals surface area (Å²) in [6, 6.07) is 18.5. The molecule has 0 bridgehead atoms. The minimum atomic E-state index is -0.479. The molecule has 118 valence electrons. The highest BCUT2D eigenvalue weighted by molar-refractivity contribution is 6.00. The molecule has 0 N–H and O–H groups in total. The van der Waals surface area contributed by atoms with Crippen LogP contribution in [0.2, 0.25) is 0 Å². The number of aliphatic imine (C=N–C) groups is 1. The summed E-state index contributed by atoms with van der Waals surface area (Å²) in [6.45, 7) is 0. The first kappa shape index (κ1) is 14.6. The van der Waals surface area contributed by atoms with Crippen LogP contribution in [-0.4, -0.2) is 16.6 Å². The molecule has 3 nitrogen and oxygen atoms in total. The second-order valence-electron chi connectivity index (χ2n) is 5.79. The molecule has 4 heteroatoms. The van der Waals surface area contributed by atoms with E-state index in [0.29, 0.717) is 5.56 Å². The molecule has 2 atom stereocenters. The van der Waals surface area contributed by atoms with E-state index in [-0.39, 0.29) is 17.6 Å². The summed E-state index contributed by atoms with van der Waals surface area (Å²) in [5, 5.41) is 0. The summed E-state index contributed by atoms with van der Waals surface area (Å²) >= 11 is 0. The van der Waals surface area contributed by atoms with Crippen LogP contribution in [0.4, 0.5) is 4.39 Å². The molecule has 0 aliphatic carbocycles. The van der Waals surface area contributed by atoms with E-state index in [1.54, 1.807) is 6.21 Å². The van der Waals surface area contributed by atoms with Gasteiger partial charge in [-0.15, -0.1) is 0 Å². The molecule has 3 aromatic rings. The summed E-state index contributed by atoms with van der Waals surface area (Å²) in [5.74, 6) is -0.423. The number of benzene rings is 2. The molecule has 0 amide bonds. The zero-order chi connectivity index (χ0) is 16.5. The van der Waals surface area contributed by atoms with Crippen molar-refractivity contribution in [3.63, 3.8) is 0 Å².